The van der Waals surface area contributed by atoms with E-state index in [1.54, 1.807) is 12.1 Å². The van der Waals surface area contributed by atoms with Crippen LogP contribution in [0.1, 0.15) is 17.0 Å². The number of aryl methyl sites for hydroxylation is 2. The number of thioether (sulfide) groups is 1. The molecular formula is C19H18ClN3O2S. The molecule has 0 saturated carbocycles. The maximum atomic E-state index is 12.2. The number of benzene rings is 2. The van der Waals surface area contributed by atoms with Crippen LogP contribution in [0.15, 0.2) is 47.0 Å². The molecule has 3 aromatic rings. The molecule has 0 bridgehead atoms. The van der Waals surface area contributed by atoms with E-state index in [0.717, 1.165) is 22.4 Å². The van der Waals surface area contributed by atoms with E-state index >= 15 is 0 Å². The largest absolute Gasteiger partial charge is 0.338 e. The highest BCUT2D eigenvalue weighted by molar-refractivity contribution is 7.99. The van der Waals surface area contributed by atoms with Crippen molar-refractivity contribution in [3.63, 3.8) is 0 Å². The van der Waals surface area contributed by atoms with E-state index in [1.807, 2.05) is 44.2 Å². The standard InChI is InChI=1S/C19H18ClN3O2S/c1-12-4-3-5-13(2)18(12)21-16(24)10-26-11-17-22-19(23-25-17)14-6-8-15(20)9-7-14/h3-9H,10-11H2,1-2H3,(H,21,24). The average Bonchev–Trinajstić information content (AvgIpc) is 3.08. The zero-order chi connectivity index (χ0) is 18.5. The molecule has 0 aliphatic carbocycles. The van der Waals surface area contributed by atoms with Crippen LogP contribution in [0.2, 0.25) is 5.02 Å². The zero-order valence-corrected chi connectivity index (χ0v) is 16.0. The smallest absolute Gasteiger partial charge is 0.236 e. The molecule has 134 valence electrons. The molecule has 0 atom stereocenters. The first-order valence-electron chi connectivity index (χ1n) is 8.05. The maximum absolute atomic E-state index is 12.2. The van der Waals surface area contributed by atoms with Gasteiger partial charge in [-0.05, 0) is 49.2 Å². The molecule has 1 heterocycles. The number of hydrogen-bond donors (Lipinski definition) is 1. The third-order valence-corrected chi connectivity index (χ3v) is 4.94. The van der Waals surface area contributed by atoms with Crippen LogP contribution in [0, 0.1) is 13.8 Å². The highest BCUT2D eigenvalue weighted by atomic mass is 35.5. The highest BCUT2D eigenvalue weighted by Crippen LogP contribution is 2.22. The Kier molecular flexibility index (Phi) is 5.96. The lowest BCUT2D eigenvalue weighted by Crippen LogP contribution is -2.15. The fourth-order valence-electron chi connectivity index (χ4n) is 2.45. The van der Waals surface area contributed by atoms with Gasteiger partial charge < -0.3 is 9.84 Å². The van der Waals surface area contributed by atoms with Crippen molar-refractivity contribution in [3.05, 3.63) is 64.5 Å². The van der Waals surface area contributed by atoms with Gasteiger partial charge in [0.05, 0.1) is 11.5 Å². The number of carbonyl (C=O) groups is 1. The van der Waals surface area contributed by atoms with Gasteiger partial charge >= 0.3 is 0 Å². The first-order chi connectivity index (χ1) is 12.5. The van der Waals surface area contributed by atoms with Crippen LogP contribution < -0.4 is 5.32 Å². The predicted octanol–water partition coefficient (Wildman–Crippen LogP) is 4.88. The van der Waals surface area contributed by atoms with E-state index < -0.39 is 0 Å². The molecule has 1 aromatic heterocycles. The molecule has 1 amide bonds. The molecule has 0 unspecified atom stereocenters. The molecule has 7 heteroatoms. The van der Waals surface area contributed by atoms with Crippen LogP contribution in [0.4, 0.5) is 5.69 Å². The fourth-order valence-corrected chi connectivity index (χ4v) is 3.23. The summed E-state index contributed by atoms with van der Waals surface area (Å²) >= 11 is 7.30. The predicted molar refractivity (Wildman–Crippen MR) is 105 cm³/mol. The number of para-hydroxylation sites is 1. The molecule has 5 nitrogen and oxygen atoms in total. The summed E-state index contributed by atoms with van der Waals surface area (Å²) < 4.78 is 5.24. The Bertz CT molecular complexity index is 889. The third-order valence-electron chi connectivity index (χ3n) is 3.77. The van der Waals surface area contributed by atoms with E-state index in [1.165, 1.54) is 11.8 Å². The Labute approximate surface area is 161 Å². The van der Waals surface area contributed by atoms with Crippen LogP contribution in [0.5, 0.6) is 0 Å². The molecule has 2 aromatic carbocycles. The summed E-state index contributed by atoms with van der Waals surface area (Å²) in [5, 5.41) is 7.58. The first-order valence-corrected chi connectivity index (χ1v) is 9.58. The number of hydrogen-bond acceptors (Lipinski definition) is 5. The van der Waals surface area contributed by atoms with Gasteiger partial charge in [0, 0.05) is 16.3 Å². The van der Waals surface area contributed by atoms with Crippen molar-refractivity contribution in [2.75, 3.05) is 11.1 Å². The zero-order valence-electron chi connectivity index (χ0n) is 14.5. The monoisotopic (exact) mass is 387 g/mol. The van der Waals surface area contributed by atoms with Gasteiger partial charge in [-0.3, -0.25) is 4.79 Å². The molecule has 0 aliphatic heterocycles. The minimum absolute atomic E-state index is 0.0511. The quantitative estimate of drug-likeness (QED) is 0.652. The van der Waals surface area contributed by atoms with Crippen LogP contribution in [-0.2, 0) is 10.5 Å². The Hall–Kier alpha value is -2.31. The minimum Gasteiger partial charge on any atom is -0.338 e. The molecule has 0 saturated heterocycles. The van der Waals surface area contributed by atoms with E-state index in [9.17, 15) is 4.79 Å². The molecular weight excluding hydrogens is 370 g/mol. The molecule has 0 fully saturated rings. The molecule has 3 rings (SSSR count). The molecule has 0 aliphatic rings. The summed E-state index contributed by atoms with van der Waals surface area (Å²) in [5.41, 5.74) is 3.81. The van der Waals surface area contributed by atoms with Crippen molar-refractivity contribution >= 4 is 35.0 Å². The van der Waals surface area contributed by atoms with E-state index in [-0.39, 0.29) is 5.91 Å². The minimum atomic E-state index is -0.0511. The van der Waals surface area contributed by atoms with Crippen LogP contribution in [-0.4, -0.2) is 21.8 Å². The van der Waals surface area contributed by atoms with Gasteiger partial charge in [-0.25, -0.2) is 0 Å². The van der Waals surface area contributed by atoms with Crippen molar-refractivity contribution in [1.82, 2.24) is 10.1 Å². The molecule has 0 spiro atoms. The number of nitrogens with one attached hydrogen (secondary N) is 1. The molecule has 0 radical (unpaired) electrons. The van der Waals surface area contributed by atoms with Crippen LogP contribution >= 0.6 is 23.4 Å². The Morgan fingerprint density at radius 2 is 1.85 bits per heavy atom. The first kappa shape index (κ1) is 18.5. The highest BCUT2D eigenvalue weighted by Gasteiger charge is 2.11. The second kappa shape index (κ2) is 8.38. The summed E-state index contributed by atoms with van der Waals surface area (Å²) in [5.74, 6) is 1.73. The van der Waals surface area contributed by atoms with Crippen molar-refractivity contribution < 1.29 is 9.32 Å². The number of carbonyl (C=O) groups excluding carboxylic acids is 1. The number of halogens is 1. The number of anilines is 1. The van der Waals surface area contributed by atoms with Crippen molar-refractivity contribution in [3.8, 4) is 11.4 Å². The van der Waals surface area contributed by atoms with Gasteiger partial charge in [-0.2, -0.15) is 4.98 Å². The van der Waals surface area contributed by atoms with Crippen LogP contribution in [0.3, 0.4) is 0 Å². The van der Waals surface area contributed by atoms with E-state index in [0.29, 0.717) is 28.2 Å². The number of amides is 1. The van der Waals surface area contributed by atoms with E-state index in [4.69, 9.17) is 16.1 Å². The van der Waals surface area contributed by atoms with Gasteiger partial charge in [0.15, 0.2) is 0 Å². The fraction of sp³-hybridized carbons (Fsp3) is 0.211. The van der Waals surface area contributed by atoms with Gasteiger partial charge in [-0.15, -0.1) is 11.8 Å². The van der Waals surface area contributed by atoms with Gasteiger partial charge in [0.2, 0.25) is 17.6 Å². The third kappa shape index (κ3) is 4.65. The number of aromatic nitrogens is 2. The summed E-state index contributed by atoms with van der Waals surface area (Å²) in [6, 6.07) is 13.2. The molecule has 26 heavy (non-hydrogen) atoms. The summed E-state index contributed by atoms with van der Waals surface area (Å²) in [7, 11) is 0. The summed E-state index contributed by atoms with van der Waals surface area (Å²) in [4.78, 5) is 16.5. The van der Waals surface area contributed by atoms with Gasteiger partial charge in [-0.1, -0.05) is 35.0 Å². The maximum Gasteiger partial charge on any atom is 0.236 e. The molecule has 1 N–H and O–H groups in total. The Balaban J connectivity index is 1.52. The normalized spacial score (nSPS) is 10.7. The second-order valence-corrected chi connectivity index (χ2v) is 7.25. The van der Waals surface area contributed by atoms with Gasteiger partial charge in [0.1, 0.15) is 0 Å². The van der Waals surface area contributed by atoms with E-state index in [2.05, 4.69) is 15.5 Å². The van der Waals surface area contributed by atoms with Crippen LogP contribution in [0.25, 0.3) is 11.4 Å². The second-order valence-electron chi connectivity index (χ2n) is 5.83. The lowest BCUT2D eigenvalue weighted by atomic mass is 10.1. The van der Waals surface area contributed by atoms with Crippen molar-refractivity contribution in [2.45, 2.75) is 19.6 Å². The Morgan fingerprint density at radius 1 is 1.15 bits per heavy atom. The summed E-state index contributed by atoms with van der Waals surface area (Å²) in [6.07, 6.45) is 0. The van der Waals surface area contributed by atoms with Crippen molar-refractivity contribution in [2.24, 2.45) is 0 Å². The SMILES string of the molecule is Cc1cccc(C)c1NC(=O)CSCc1nc(-c2ccc(Cl)cc2)no1. The Morgan fingerprint density at radius 3 is 2.54 bits per heavy atom. The summed E-state index contributed by atoms with van der Waals surface area (Å²) in [6.45, 7) is 3.96. The topological polar surface area (TPSA) is 68.0 Å². The van der Waals surface area contributed by atoms with Crippen molar-refractivity contribution in [1.29, 1.82) is 0 Å². The lowest BCUT2D eigenvalue weighted by molar-refractivity contribution is -0.113. The average molecular weight is 388 g/mol. The number of nitrogens with zero attached hydrogens (tertiary/aromatic N) is 2. The number of rotatable bonds is 6. The lowest BCUT2D eigenvalue weighted by Gasteiger charge is -2.10. The van der Waals surface area contributed by atoms with Gasteiger partial charge in [0.25, 0.3) is 0 Å².